The summed E-state index contributed by atoms with van der Waals surface area (Å²) < 4.78 is 10.7. The number of rotatable bonds is 6. The average Bonchev–Trinajstić information content (AvgIpc) is 3.07. The molecule has 3 aliphatic rings. The molecule has 3 aromatic carbocycles. The standard InChI is InChI=1S/C21H24O2.C19H28N2O2/c1-15-3-5-17(6-4-15)18-7-9-19(10-8-18)20-11-13-21(14-12-20)23-16(2)22;1-15-3-5-16(6-4-15)19(22)23-18-9-7-17(8-10-18)21-13-11-20(2)12-14-21/h7-15,17H,3-6H2,1-2H3;7-10,15-16H,3-6,11-14H2,1-2H3. The fourth-order valence-electron chi connectivity index (χ4n) is 6.91. The van der Waals surface area contributed by atoms with Crippen LogP contribution < -0.4 is 14.4 Å². The second-order valence-electron chi connectivity index (χ2n) is 13.9. The van der Waals surface area contributed by atoms with E-state index in [9.17, 15) is 9.59 Å². The van der Waals surface area contributed by atoms with Crippen LogP contribution in [0.3, 0.4) is 0 Å². The zero-order valence-electron chi connectivity index (χ0n) is 28.3. The van der Waals surface area contributed by atoms with Gasteiger partial charge in [-0.2, -0.15) is 0 Å². The molecule has 6 nitrogen and oxygen atoms in total. The van der Waals surface area contributed by atoms with Crippen molar-refractivity contribution >= 4 is 17.6 Å². The number of carbonyl (C=O) groups is 2. The first-order valence-corrected chi connectivity index (χ1v) is 17.4. The van der Waals surface area contributed by atoms with Gasteiger partial charge in [0.15, 0.2) is 0 Å². The number of hydrogen-bond donors (Lipinski definition) is 0. The molecule has 6 rings (SSSR count). The molecule has 2 saturated carbocycles. The number of ether oxygens (including phenoxy) is 2. The largest absolute Gasteiger partial charge is 0.427 e. The van der Waals surface area contributed by atoms with E-state index < -0.39 is 0 Å². The maximum Gasteiger partial charge on any atom is 0.314 e. The van der Waals surface area contributed by atoms with Crippen LogP contribution >= 0.6 is 0 Å². The van der Waals surface area contributed by atoms with Gasteiger partial charge in [0, 0.05) is 38.8 Å². The van der Waals surface area contributed by atoms with Crippen LogP contribution in [0.4, 0.5) is 5.69 Å². The smallest absolute Gasteiger partial charge is 0.314 e. The van der Waals surface area contributed by atoms with E-state index in [1.165, 1.54) is 49.4 Å². The second-order valence-corrected chi connectivity index (χ2v) is 13.9. The number of piperazine rings is 1. The van der Waals surface area contributed by atoms with Gasteiger partial charge in [0.1, 0.15) is 11.5 Å². The van der Waals surface area contributed by atoms with Crippen LogP contribution in [-0.2, 0) is 9.59 Å². The first-order chi connectivity index (χ1) is 22.2. The number of esters is 2. The molecular formula is C40H52N2O4. The van der Waals surface area contributed by atoms with Crippen molar-refractivity contribution in [1.82, 2.24) is 4.90 Å². The lowest BCUT2D eigenvalue weighted by molar-refractivity contribution is -0.140. The normalized spacial score (nSPS) is 23.5. The maximum absolute atomic E-state index is 12.3. The zero-order chi connectivity index (χ0) is 32.5. The lowest BCUT2D eigenvalue weighted by Crippen LogP contribution is -2.44. The molecule has 246 valence electrons. The molecule has 6 heteroatoms. The van der Waals surface area contributed by atoms with Crippen molar-refractivity contribution in [3.8, 4) is 22.6 Å². The summed E-state index contributed by atoms with van der Waals surface area (Å²) in [5.74, 6) is 3.38. The third-order valence-electron chi connectivity index (χ3n) is 10.1. The summed E-state index contributed by atoms with van der Waals surface area (Å²) in [6, 6.07) is 24.6. The molecule has 0 amide bonds. The SMILES string of the molecule is CC(=O)Oc1ccc(-c2ccc(C3CCC(C)CC3)cc2)cc1.CC1CCC(C(=O)Oc2ccc(N3CCN(C)CC3)cc2)CC1. The monoisotopic (exact) mass is 624 g/mol. The Morgan fingerprint density at radius 2 is 1.09 bits per heavy atom. The Bertz CT molecular complexity index is 1380. The summed E-state index contributed by atoms with van der Waals surface area (Å²) >= 11 is 0. The number of hydrogen-bond acceptors (Lipinski definition) is 6. The molecule has 46 heavy (non-hydrogen) atoms. The quantitative estimate of drug-likeness (QED) is 0.202. The summed E-state index contributed by atoms with van der Waals surface area (Å²) in [5, 5.41) is 0. The van der Waals surface area contributed by atoms with Gasteiger partial charge < -0.3 is 19.3 Å². The minimum Gasteiger partial charge on any atom is -0.427 e. The third kappa shape index (κ3) is 9.68. The fraction of sp³-hybridized carbons (Fsp3) is 0.500. The lowest BCUT2D eigenvalue weighted by atomic mass is 9.79. The lowest BCUT2D eigenvalue weighted by Gasteiger charge is -2.34. The molecule has 0 unspecified atom stereocenters. The van der Waals surface area contributed by atoms with Gasteiger partial charge in [-0.25, -0.2) is 0 Å². The minimum absolute atomic E-state index is 0.0516. The van der Waals surface area contributed by atoms with Gasteiger partial charge in [0.2, 0.25) is 0 Å². The van der Waals surface area contributed by atoms with Crippen LogP contribution in [0.2, 0.25) is 0 Å². The van der Waals surface area contributed by atoms with Crippen molar-refractivity contribution in [3.05, 3.63) is 78.4 Å². The third-order valence-corrected chi connectivity index (χ3v) is 10.1. The highest BCUT2D eigenvalue weighted by molar-refractivity contribution is 5.75. The molecule has 1 saturated heterocycles. The fourth-order valence-corrected chi connectivity index (χ4v) is 6.91. The molecule has 0 N–H and O–H groups in total. The zero-order valence-corrected chi connectivity index (χ0v) is 28.3. The van der Waals surface area contributed by atoms with Crippen LogP contribution in [0.1, 0.15) is 83.6 Å². The highest BCUT2D eigenvalue weighted by atomic mass is 16.5. The van der Waals surface area contributed by atoms with Crippen LogP contribution in [0.5, 0.6) is 11.5 Å². The van der Waals surface area contributed by atoms with Crippen molar-refractivity contribution in [1.29, 1.82) is 0 Å². The molecule has 0 spiro atoms. The molecule has 0 aromatic heterocycles. The van der Waals surface area contributed by atoms with Gasteiger partial charge in [-0.05, 0) is 116 Å². The summed E-state index contributed by atoms with van der Waals surface area (Å²) in [5.41, 5.74) is 5.03. The van der Waals surface area contributed by atoms with Crippen molar-refractivity contribution in [3.63, 3.8) is 0 Å². The molecule has 0 bridgehead atoms. The Morgan fingerprint density at radius 3 is 1.63 bits per heavy atom. The first kappa shape index (κ1) is 33.7. The average molecular weight is 625 g/mol. The van der Waals surface area contributed by atoms with E-state index in [1.54, 1.807) is 0 Å². The highest BCUT2D eigenvalue weighted by Crippen LogP contribution is 2.36. The molecule has 3 aromatic rings. The van der Waals surface area contributed by atoms with E-state index in [0.29, 0.717) is 11.5 Å². The Kier molecular flexibility index (Phi) is 11.9. The topological polar surface area (TPSA) is 59.1 Å². The maximum atomic E-state index is 12.3. The molecule has 2 aliphatic carbocycles. The Labute approximate surface area is 276 Å². The number of benzene rings is 3. The second kappa shape index (κ2) is 16.3. The van der Waals surface area contributed by atoms with Crippen LogP contribution in [0.25, 0.3) is 11.1 Å². The number of carbonyl (C=O) groups excluding carboxylic acids is 2. The molecular weight excluding hydrogens is 572 g/mol. The first-order valence-electron chi connectivity index (χ1n) is 17.4. The van der Waals surface area contributed by atoms with Gasteiger partial charge >= 0.3 is 11.9 Å². The molecule has 3 fully saturated rings. The highest BCUT2D eigenvalue weighted by Gasteiger charge is 2.26. The van der Waals surface area contributed by atoms with Gasteiger partial charge in [-0.15, -0.1) is 0 Å². The van der Waals surface area contributed by atoms with Crippen LogP contribution in [-0.4, -0.2) is 50.1 Å². The Morgan fingerprint density at radius 1 is 0.609 bits per heavy atom. The van der Waals surface area contributed by atoms with Crippen LogP contribution in [0, 0.1) is 17.8 Å². The van der Waals surface area contributed by atoms with Crippen molar-refractivity contribution in [2.45, 2.75) is 78.1 Å². The van der Waals surface area contributed by atoms with Gasteiger partial charge in [-0.3, -0.25) is 9.59 Å². The van der Waals surface area contributed by atoms with Gasteiger partial charge in [0.25, 0.3) is 0 Å². The number of likely N-dealkylation sites (N-methyl/N-ethyl adjacent to an activating group) is 1. The predicted molar refractivity (Wildman–Crippen MR) is 186 cm³/mol. The van der Waals surface area contributed by atoms with E-state index in [2.05, 4.69) is 67.1 Å². The Hall–Kier alpha value is -3.64. The number of anilines is 1. The van der Waals surface area contributed by atoms with Gasteiger partial charge in [-0.1, -0.05) is 63.1 Å². The minimum atomic E-state index is -0.288. The molecule has 0 radical (unpaired) electrons. The van der Waals surface area contributed by atoms with Gasteiger partial charge in [0.05, 0.1) is 5.92 Å². The van der Waals surface area contributed by atoms with E-state index in [0.717, 1.165) is 75.2 Å². The van der Waals surface area contributed by atoms with E-state index in [-0.39, 0.29) is 17.9 Å². The van der Waals surface area contributed by atoms with Crippen LogP contribution in [0.15, 0.2) is 72.8 Å². The summed E-state index contributed by atoms with van der Waals surface area (Å²) in [7, 11) is 2.16. The summed E-state index contributed by atoms with van der Waals surface area (Å²) in [6.07, 6.45) is 9.56. The molecule has 1 heterocycles. The van der Waals surface area contributed by atoms with E-state index >= 15 is 0 Å². The summed E-state index contributed by atoms with van der Waals surface area (Å²) in [6.45, 7) is 10.3. The van der Waals surface area contributed by atoms with Crippen molar-refractivity contribution in [2.24, 2.45) is 17.8 Å². The summed E-state index contributed by atoms with van der Waals surface area (Å²) in [4.78, 5) is 27.9. The van der Waals surface area contributed by atoms with Crippen molar-refractivity contribution < 1.29 is 19.1 Å². The Balaban J connectivity index is 0.000000181. The number of nitrogens with zero attached hydrogens (tertiary/aromatic N) is 2. The van der Waals surface area contributed by atoms with E-state index in [4.69, 9.17) is 9.47 Å². The van der Waals surface area contributed by atoms with E-state index in [1.807, 2.05) is 36.4 Å². The van der Waals surface area contributed by atoms with Crippen molar-refractivity contribution in [2.75, 3.05) is 38.1 Å². The molecule has 0 atom stereocenters. The molecule has 1 aliphatic heterocycles. The predicted octanol–water partition coefficient (Wildman–Crippen LogP) is 8.74.